The molecule has 3 atom stereocenters. The van der Waals surface area contributed by atoms with Gasteiger partial charge in [-0.15, -0.1) is 0 Å². The highest BCUT2D eigenvalue weighted by Crippen LogP contribution is 2.42. The van der Waals surface area contributed by atoms with Crippen molar-refractivity contribution in [2.75, 3.05) is 13.7 Å². The Balaban J connectivity index is 2.25. The average Bonchev–Trinajstić information content (AvgIpc) is 3.14. The minimum Gasteiger partial charge on any atom is -0.493 e. The van der Waals surface area contributed by atoms with E-state index in [1.807, 2.05) is 6.20 Å². The number of aryl methyl sites for hydroxylation is 1. The van der Waals surface area contributed by atoms with E-state index >= 15 is 0 Å². The zero-order valence-corrected chi connectivity index (χ0v) is 14.1. The third-order valence-electron chi connectivity index (χ3n) is 4.90. The van der Waals surface area contributed by atoms with Gasteiger partial charge in [-0.1, -0.05) is 26.7 Å². The fraction of sp³-hybridized carbons (Fsp3) is 0.824. The fourth-order valence-corrected chi connectivity index (χ4v) is 3.67. The Morgan fingerprint density at radius 3 is 2.76 bits per heavy atom. The lowest BCUT2D eigenvalue weighted by Crippen LogP contribution is -2.30. The van der Waals surface area contributed by atoms with Gasteiger partial charge < -0.3 is 10.1 Å². The Hall–Kier alpha value is -1.03. The largest absolute Gasteiger partial charge is 0.493 e. The van der Waals surface area contributed by atoms with Crippen LogP contribution < -0.4 is 10.1 Å². The Morgan fingerprint density at radius 2 is 2.19 bits per heavy atom. The molecule has 2 rings (SSSR count). The predicted octanol–water partition coefficient (Wildman–Crippen LogP) is 3.78. The van der Waals surface area contributed by atoms with Crippen LogP contribution in [0.1, 0.15) is 64.6 Å². The van der Waals surface area contributed by atoms with E-state index < -0.39 is 0 Å². The second-order valence-electron chi connectivity index (χ2n) is 6.19. The summed E-state index contributed by atoms with van der Waals surface area (Å²) in [4.78, 5) is 0. The number of aromatic nitrogens is 2. The Kier molecular flexibility index (Phi) is 6.09. The first-order valence-electron chi connectivity index (χ1n) is 8.58. The van der Waals surface area contributed by atoms with Crippen LogP contribution in [0, 0.1) is 11.8 Å². The fourth-order valence-electron chi connectivity index (χ4n) is 3.67. The smallest absolute Gasteiger partial charge is 0.161 e. The second kappa shape index (κ2) is 7.83. The molecular weight excluding hydrogens is 262 g/mol. The lowest BCUT2D eigenvalue weighted by Gasteiger charge is -2.26. The van der Waals surface area contributed by atoms with Crippen LogP contribution in [-0.2, 0) is 6.54 Å². The molecule has 1 saturated carbocycles. The van der Waals surface area contributed by atoms with Crippen molar-refractivity contribution in [3.8, 4) is 5.75 Å². The van der Waals surface area contributed by atoms with Crippen LogP contribution in [0.2, 0.25) is 0 Å². The molecule has 1 heterocycles. The maximum absolute atomic E-state index is 5.58. The van der Waals surface area contributed by atoms with Crippen LogP contribution >= 0.6 is 0 Å². The van der Waals surface area contributed by atoms with Crippen molar-refractivity contribution >= 4 is 0 Å². The number of hydrogen-bond acceptors (Lipinski definition) is 3. The van der Waals surface area contributed by atoms with Crippen molar-refractivity contribution in [3.05, 3.63) is 11.9 Å². The number of nitrogens with one attached hydrogen (secondary N) is 1. The Labute approximate surface area is 129 Å². The molecule has 3 unspecified atom stereocenters. The Morgan fingerprint density at radius 1 is 1.38 bits per heavy atom. The molecule has 0 aliphatic heterocycles. The molecule has 0 saturated heterocycles. The average molecular weight is 293 g/mol. The molecule has 0 spiro atoms. The number of nitrogens with zero attached hydrogens (tertiary/aromatic N) is 2. The first-order chi connectivity index (χ1) is 10.2. The summed E-state index contributed by atoms with van der Waals surface area (Å²) in [6.45, 7) is 8.64. The summed E-state index contributed by atoms with van der Waals surface area (Å²) in [6.07, 6.45) is 8.35. The normalized spacial score (nSPS) is 23.4. The molecule has 0 aromatic carbocycles. The molecule has 120 valence electrons. The van der Waals surface area contributed by atoms with E-state index in [0.29, 0.717) is 12.0 Å². The van der Waals surface area contributed by atoms with E-state index in [9.17, 15) is 0 Å². The van der Waals surface area contributed by atoms with E-state index in [4.69, 9.17) is 4.74 Å². The van der Waals surface area contributed by atoms with Crippen LogP contribution in [-0.4, -0.2) is 23.4 Å². The van der Waals surface area contributed by atoms with Crippen molar-refractivity contribution in [1.82, 2.24) is 15.1 Å². The molecule has 4 nitrogen and oxygen atoms in total. The lowest BCUT2D eigenvalue weighted by molar-refractivity contribution is 0.319. The monoisotopic (exact) mass is 293 g/mol. The molecule has 4 heteroatoms. The number of ether oxygens (including phenoxy) is 1. The quantitative estimate of drug-likeness (QED) is 0.793. The van der Waals surface area contributed by atoms with Gasteiger partial charge in [-0.25, -0.2) is 0 Å². The zero-order valence-electron chi connectivity index (χ0n) is 14.1. The summed E-state index contributed by atoms with van der Waals surface area (Å²) in [7, 11) is 1.75. The molecule has 0 bridgehead atoms. The van der Waals surface area contributed by atoms with Crippen molar-refractivity contribution in [3.63, 3.8) is 0 Å². The summed E-state index contributed by atoms with van der Waals surface area (Å²) in [5, 5.41) is 8.26. The van der Waals surface area contributed by atoms with Crippen molar-refractivity contribution < 1.29 is 4.74 Å². The summed E-state index contributed by atoms with van der Waals surface area (Å²) in [6, 6.07) is 0.374. The van der Waals surface area contributed by atoms with Gasteiger partial charge in [-0.3, -0.25) is 4.68 Å². The molecular formula is C17H31N3O. The number of methoxy groups -OCH3 is 1. The number of rotatable bonds is 8. The molecule has 21 heavy (non-hydrogen) atoms. The summed E-state index contributed by atoms with van der Waals surface area (Å²) < 4.78 is 7.68. The molecule has 1 aromatic heterocycles. The van der Waals surface area contributed by atoms with Gasteiger partial charge >= 0.3 is 0 Å². The summed E-state index contributed by atoms with van der Waals surface area (Å²) in [5.74, 6) is 2.53. The first-order valence-corrected chi connectivity index (χ1v) is 8.58. The SMILES string of the molecule is CCCNC(c1c(OC)cnn1CC)C1CCC(CC)C1. The van der Waals surface area contributed by atoms with Crippen molar-refractivity contribution in [2.24, 2.45) is 11.8 Å². The van der Waals surface area contributed by atoms with Crippen LogP contribution in [0.25, 0.3) is 0 Å². The van der Waals surface area contributed by atoms with Gasteiger partial charge in [-0.05, 0) is 44.6 Å². The second-order valence-corrected chi connectivity index (χ2v) is 6.19. The van der Waals surface area contributed by atoms with Crippen LogP contribution in [0.5, 0.6) is 5.75 Å². The minimum absolute atomic E-state index is 0.374. The topological polar surface area (TPSA) is 39.1 Å². The highest BCUT2D eigenvalue weighted by Gasteiger charge is 2.34. The maximum atomic E-state index is 5.58. The van der Waals surface area contributed by atoms with E-state index in [-0.39, 0.29) is 0 Å². The highest BCUT2D eigenvalue weighted by atomic mass is 16.5. The third-order valence-corrected chi connectivity index (χ3v) is 4.90. The summed E-state index contributed by atoms with van der Waals surface area (Å²) >= 11 is 0. The lowest BCUT2D eigenvalue weighted by atomic mass is 9.92. The minimum atomic E-state index is 0.374. The van der Waals surface area contributed by atoms with E-state index in [0.717, 1.165) is 31.2 Å². The number of hydrogen-bond donors (Lipinski definition) is 1. The molecule has 1 aromatic rings. The highest BCUT2D eigenvalue weighted by molar-refractivity contribution is 5.29. The molecule has 0 amide bonds. The van der Waals surface area contributed by atoms with E-state index in [2.05, 4.69) is 35.9 Å². The third kappa shape index (κ3) is 3.60. The van der Waals surface area contributed by atoms with Crippen molar-refractivity contribution in [1.29, 1.82) is 0 Å². The zero-order chi connectivity index (χ0) is 15.2. The van der Waals surface area contributed by atoms with Gasteiger partial charge in [0.15, 0.2) is 5.75 Å². The van der Waals surface area contributed by atoms with Gasteiger partial charge in [0.2, 0.25) is 0 Å². The Bertz CT molecular complexity index is 408. The molecule has 1 aliphatic carbocycles. The first kappa shape index (κ1) is 16.3. The van der Waals surface area contributed by atoms with Gasteiger partial charge in [0, 0.05) is 6.54 Å². The van der Waals surface area contributed by atoms with Crippen LogP contribution in [0.3, 0.4) is 0 Å². The predicted molar refractivity (Wildman–Crippen MR) is 86.6 cm³/mol. The van der Waals surface area contributed by atoms with Gasteiger partial charge in [-0.2, -0.15) is 5.10 Å². The van der Waals surface area contributed by atoms with E-state index in [1.54, 1.807) is 7.11 Å². The van der Waals surface area contributed by atoms with Gasteiger partial charge in [0.05, 0.1) is 25.0 Å². The molecule has 0 radical (unpaired) electrons. The maximum Gasteiger partial charge on any atom is 0.161 e. The van der Waals surface area contributed by atoms with E-state index in [1.165, 1.54) is 31.4 Å². The van der Waals surface area contributed by atoms with Crippen LogP contribution in [0.4, 0.5) is 0 Å². The molecule has 1 aliphatic rings. The standard InChI is InChI=1S/C17H31N3O/c1-5-10-18-16(14-9-8-13(6-2)11-14)17-15(21-4)12-19-20(17)7-3/h12-14,16,18H,5-11H2,1-4H3. The summed E-state index contributed by atoms with van der Waals surface area (Å²) in [5.41, 5.74) is 1.25. The van der Waals surface area contributed by atoms with Crippen molar-refractivity contribution in [2.45, 2.75) is 65.5 Å². The molecule has 1 fully saturated rings. The van der Waals surface area contributed by atoms with Crippen LogP contribution in [0.15, 0.2) is 6.20 Å². The molecule has 1 N–H and O–H groups in total. The van der Waals surface area contributed by atoms with Gasteiger partial charge in [0.25, 0.3) is 0 Å². The van der Waals surface area contributed by atoms with Gasteiger partial charge in [0.1, 0.15) is 0 Å².